The Labute approximate surface area is 266 Å². The van der Waals surface area contributed by atoms with Crippen LogP contribution in [0.4, 0.5) is 26.3 Å². The van der Waals surface area contributed by atoms with Gasteiger partial charge in [0.15, 0.2) is 16.3 Å². The van der Waals surface area contributed by atoms with Crippen LogP contribution < -0.4 is 4.57 Å². The first kappa shape index (κ1) is 39.7. The number of benzene rings is 2. The van der Waals surface area contributed by atoms with Crippen molar-refractivity contribution in [2.75, 3.05) is 6.61 Å². The Morgan fingerprint density at radius 2 is 1.00 bits per heavy atom. The van der Waals surface area contributed by atoms with E-state index in [2.05, 4.69) is 63.5 Å². The normalized spacial score (nSPS) is 12.8. The third kappa shape index (κ3) is 13.7. The molecule has 0 aliphatic heterocycles. The van der Waals surface area contributed by atoms with E-state index in [0.29, 0.717) is 12.8 Å². The molecule has 0 aliphatic carbocycles. The number of fused-ring (bicyclic) bond motifs is 3. The van der Waals surface area contributed by atoms with Crippen LogP contribution in [0.25, 0.3) is 21.7 Å². The Balaban J connectivity index is 0.000000812. The second kappa shape index (κ2) is 18.7. The van der Waals surface area contributed by atoms with Gasteiger partial charge in [0.1, 0.15) is 6.54 Å². The average molecular weight is 702 g/mol. The molecular weight excluding hydrogens is 660 g/mol. The molecule has 0 fully saturated rings. The Morgan fingerprint density at radius 3 is 1.48 bits per heavy atom. The highest BCUT2D eigenvalue weighted by Gasteiger charge is 2.47. The van der Waals surface area contributed by atoms with Crippen molar-refractivity contribution in [2.45, 2.75) is 107 Å². The van der Waals surface area contributed by atoms with Gasteiger partial charge in [0, 0.05) is 23.3 Å². The number of aryl methyl sites for hydroxylation is 1. The number of hydrogen-bond acceptors (Lipinski definition) is 6. The standard InChI is InChI=1S/C30H41F3NO3S.CHF3O3S/c31-30(32,33)38(35,36)37-24-18-12-10-8-6-4-2-1-3-5-7-9-11-17-23-34-25-26-19-13-14-20-27(26)28-21-15-16-22-29(28)34;2-1(3,4)8(5,6)7/h13-16,19-22,25H,1-12,17-18,23-24H2;(H,5,6,7)/q+1;/p-1. The number of nitrogens with zero attached hydrogens (tertiary/aromatic N) is 1. The molecule has 3 rings (SSSR count). The van der Waals surface area contributed by atoms with E-state index in [1.165, 1.54) is 79.5 Å². The van der Waals surface area contributed by atoms with E-state index in [0.717, 1.165) is 25.8 Å². The van der Waals surface area contributed by atoms with Crippen LogP contribution in [0.1, 0.15) is 89.9 Å². The van der Waals surface area contributed by atoms with Crippen molar-refractivity contribution in [3.05, 3.63) is 54.7 Å². The van der Waals surface area contributed by atoms with Gasteiger partial charge in [-0.05, 0) is 25.0 Å². The lowest BCUT2D eigenvalue weighted by atomic mass is 10.0. The topological polar surface area (TPSA) is 104 Å². The van der Waals surface area contributed by atoms with Gasteiger partial charge in [-0.2, -0.15) is 39.3 Å². The predicted molar refractivity (Wildman–Crippen MR) is 163 cm³/mol. The number of unbranched alkanes of at least 4 members (excludes halogenated alkanes) is 13. The second-order valence-corrected chi connectivity index (χ2v) is 14.0. The lowest BCUT2D eigenvalue weighted by Gasteiger charge is -2.08. The summed E-state index contributed by atoms with van der Waals surface area (Å²) in [5.74, 6) is 0. The zero-order valence-electron chi connectivity index (χ0n) is 25.5. The van der Waals surface area contributed by atoms with Crippen molar-refractivity contribution in [1.82, 2.24) is 0 Å². The first-order valence-electron chi connectivity index (χ1n) is 15.3. The molecule has 0 N–H and O–H groups in total. The lowest BCUT2D eigenvalue weighted by Crippen LogP contribution is -2.34. The van der Waals surface area contributed by atoms with Crippen LogP contribution in [0.2, 0.25) is 0 Å². The third-order valence-electron chi connectivity index (χ3n) is 7.36. The van der Waals surface area contributed by atoms with Crippen LogP contribution >= 0.6 is 0 Å². The van der Waals surface area contributed by atoms with Crippen LogP contribution in [0.3, 0.4) is 0 Å². The summed E-state index contributed by atoms with van der Waals surface area (Å²) in [5, 5.41) is 3.92. The van der Waals surface area contributed by atoms with Crippen LogP contribution in [0, 0.1) is 0 Å². The van der Waals surface area contributed by atoms with E-state index in [9.17, 15) is 34.8 Å². The molecule has 0 saturated carbocycles. The van der Waals surface area contributed by atoms with Crippen LogP contribution in [0.5, 0.6) is 0 Å². The van der Waals surface area contributed by atoms with Gasteiger partial charge in [0.2, 0.25) is 5.52 Å². The van der Waals surface area contributed by atoms with Gasteiger partial charge in [0.25, 0.3) is 0 Å². The summed E-state index contributed by atoms with van der Waals surface area (Å²) in [7, 11) is -11.5. The molecule has 0 radical (unpaired) electrons. The van der Waals surface area contributed by atoms with Gasteiger partial charge in [-0.1, -0.05) is 101 Å². The summed E-state index contributed by atoms with van der Waals surface area (Å²) in [5.41, 5.74) is -9.68. The zero-order chi connectivity index (χ0) is 34.3. The molecule has 0 atom stereocenters. The Bertz CT molecular complexity index is 1560. The fourth-order valence-electron chi connectivity index (χ4n) is 4.97. The van der Waals surface area contributed by atoms with Crippen molar-refractivity contribution in [3.8, 4) is 0 Å². The van der Waals surface area contributed by atoms with Crippen LogP contribution in [0.15, 0.2) is 54.7 Å². The molecule has 0 spiro atoms. The highest BCUT2D eigenvalue weighted by atomic mass is 32.2. The number of para-hydroxylation sites is 1. The molecule has 0 aliphatic rings. The maximum Gasteiger partial charge on any atom is 0.523 e. The van der Waals surface area contributed by atoms with Gasteiger partial charge >= 0.3 is 21.1 Å². The van der Waals surface area contributed by atoms with Gasteiger partial charge in [-0.3, -0.25) is 4.18 Å². The minimum atomic E-state index is -6.09. The fraction of sp³-hybridized carbons (Fsp3) is 0.581. The second-order valence-electron chi connectivity index (χ2n) is 11.0. The highest BCUT2D eigenvalue weighted by Crippen LogP contribution is 2.25. The predicted octanol–water partition coefficient (Wildman–Crippen LogP) is 8.66. The van der Waals surface area contributed by atoms with Crippen molar-refractivity contribution in [3.63, 3.8) is 0 Å². The number of aromatic nitrogens is 1. The van der Waals surface area contributed by atoms with Crippen molar-refractivity contribution in [1.29, 1.82) is 0 Å². The average Bonchev–Trinajstić information content (AvgIpc) is 2.97. The molecule has 2 aromatic carbocycles. The third-order valence-corrected chi connectivity index (χ3v) is 8.97. The van der Waals surface area contributed by atoms with Crippen LogP contribution in [-0.4, -0.2) is 39.0 Å². The Morgan fingerprint density at radius 1 is 0.587 bits per heavy atom. The Kier molecular flexibility index (Phi) is 16.2. The molecule has 15 heteroatoms. The van der Waals surface area contributed by atoms with Gasteiger partial charge < -0.3 is 4.55 Å². The number of pyridine rings is 1. The molecule has 0 unspecified atom stereocenters. The summed E-state index contributed by atoms with van der Waals surface area (Å²) in [6, 6.07) is 17.3. The van der Waals surface area contributed by atoms with E-state index in [1.807, 2.05) is 0 Å². The zero-order valence-corrected chi connectivity index (χ0v) is 27.1. The molecule has 0 bridgehead atoms. The van der Waals surface area contributed by atoms with Crippen molar-refractivity contribution >= 4 is 41.9 Å². The minimum Gasteiger partial charge on any atom is -0.741 e. The van der Waals surface area contributed by atoms with Crippen LogP contribution in [-0.2, 0) is 31.0 Å². The Hall–Kier alpha value is -2.49. The lowest BCUT2D eigenvalue weighted by molar-refractivity contribution is -0.670. The van der Waals surface area contributed by atoms with Crippen molar-refractivity contribution in [2.24, 2.45) is 0 Å². The van der Waals surface area contributed by atoms with E-state index in [1.54, 1.807) is 0 Å². The van der Waals surface area contributed by atoms with Gasteiger partial charge in [-0.15, -0.1) is 0 Å². The summed E-state index contributed by atoms with van der Waals surface area (Å²) >= 11 is 0. The summed E-state index contributed by atoms with van der Waals surface area (Å²) < 4.78 is 123. The van der Waals surface area contributed by atoms with Crippen molar-refractivity contribution < 1.29 is 56.5 Å². The molecule has 7 nitrogen and oxygen atoms in total. The maximum absolute atomic E-state index is 12.2. The molecule has 3 aromatic rings. The van der Waals surface area contributed by atoms with E-state index in [-0.39, 0.29) is 0 Å². The van der Waals surface area contributed by atoms with Gasteiger partial charge in [-0.25, -0.2) is 8.42 Å². The largest absolute Gasteiger partial charge is 0.741 e. The number of alkyl halides is 6. The molecule has 1 heterocycles. The molecule has 260 valence electrons. The first-order valence-corrected chi connectivity index (χ1v) is 18.1. The molecule has 0 amide bonds. The number of rotatable bonds is 18. The highest BCUT2D eigenvalue weighted by molar-refractivity contribution is 7.87. The summed E-state index contributed by atoms with van der Waals surface area (Å²) in [4.78, 5) is 0. The number of halogens is 6. The monoisotopic (exact) mass is 701 g/mol. The molecule has 0 saturated heterocycles. The SMILES string of the molecule is O=S(=O)(OCCCCCCCCCCCCCCCC[n+]1cc2ccccc2c2ccccc21)C(F)(F)F.O=S(=O)([O-])C(F)(F)F. The molecule has 1 aromatic heterocycles. The van der Waals surface area contributed by atoms with E-state index < -0.39 is 37.9 Å². The molecular formula is C31H41F6NO6S2. The van der Waals surface area contributed by atoms with E-state index >= 15 is 0 Å². The minimum absolute atomic E-state index is 0.326. The number of hydrogen-bond donors (Lipinski definition) is 0. The fourth-order valence-corrected chi connectivity index (χ4v) is 5.44. The summed E-state index contributed by atoms with van der Waals surface area (Å²) in [6.45, 7) is 0.645. The summed E-state index contributed by atoms with van der Waals surface area (Å²) in [6.07, 6.45) is 17.5. The quantitative estimate of drug-likeness (QED) is 0.0250. The van der Waals surface area contributed by atoms with E-state index in [4.69, 9.17) is 13.0 Å². The molecule has 46 heavy (non-hydrogen) atoms. The smallest absolute Gasteiger partial charge is 0.523 e. The maximum atomic E-state index is 12.2. The van der Waals surface area contributed by atoms with Gasteiger partial charge in [0.05, 0.1) is 12.0 Å². The first-order chi connectivity index (χ1) is 21.5.